The molecule has 2 aromatic rings. The molecule has 114 valence electrons. The van der Waals surface area contributed by atoms with Gasteiger partial charge in [-0.3, -0.25) is 4.79 Å². The lowest BCUT2D eigenvalue weighted by Crippen LogP contribution is -2.22. The molecule has 0 saturated heterocycles. The highest BCUT2D eigenvalue weighted by Gasteiger charge is 2.17. The smallest absolute Gasteiger partial charge is 0.265 e. The summed E-state index contributed by atoms with van der Waals surface area (Å²) in [6.07, 6.45) is 0.642. The van der Waals surface area contributed by atoms with Crippen LogP contribution in [0.4, 0.5) is 0 Å². The Bertz CT molecular complexity index is 735. The Balaban J connectivity index is 2.02. The highest BCUT2D eigenvalue weighted by atomic mass is 32.2. The molecule has 1 amide bonds. The van der Waals surface area contributed by atoms with E-state index in [0.29, 0.717) is 17.0 Å². The molecule has 2 aromatic heterocycles. The van der Waals surface area contributed by atoms with Gasteiger partial charge in [0, 0.05) is 4.88 Å². The maximum Gasteiger partial charge on any atom is 0.265 e. The minimum atomic E-state index is -3.43. The predicted octanol–water partition coefficient (Wildman–Crippen LogP) is 1.00. The molecule has 21 heavy (non-hydrogen) atoms. The second-order valence-electron chi connectivity index (χ2n) is 4.01. The van der Waals surface area contributed by atoms with Gasteiger partial charge in [0.25, 0.3) is 5.91 Å². The van der Waals surface area contributed by atoms with E-state index in [-0.39, 0.29) is 16.7 Å². The van der Waals surface area contributed by atoms with Gasteiger partial charge in [-0.05, 0) is 37.1 Å². The lowest BCUT2D eigenvalue weighted by atomic mass is 10.3. The van der Waals surface area contributed by atoms with E-state index in [1.54, 1.807) is 6.07 Å². The van der Waals surface area contributed by atoms with E-state index in [1.807, 2.05) is 6.92 Å². The van der Waals surface area contributed by atoms with Crippen molar-refractivity contribution in [2.75, 3.05) is 7.05 Å². The monoisotopic (exact) mass is 346 g/mol. The fourth-order valence-electron chi connectivity index (χ4n) is 1.56. The number of aryl methyl sites for hydroxylation is 1. The highest BCUT2D eigenvalue weighted by Crippen LogP contribution is 2.21. The summed E-state index contributed by atoms with van der Waals surface area (Å²) >= 11 is 2.18. The first-order chi connectivity index (χ1) is 9.97. The zero-order chi connectivity index (χ0) is 15.5. The number of carbonyl (C=O) groups excluding carboxylic acids is 1. The van der Waals surface area contributed by atoms with E-state index in [9.17, 15) is 13.2 Å². The third-order valence-corrected chi connectivity index (χ3v) is 6.45. The third kappa shape index (κ3) is 3.64. The number of hydrogen-bond acceptors (Lipinski definition) is 7. The number of thiophene rings is 1. The van der Waals surface area contributed by atoms with Crippen molar-refractivity contribution in [1.29, 1.82) is 0 Å². The van der Waals surface area contributed by atoms with Crippen molar-refractivity contribution >= 4 is 38.8 Å². The van der Waals surface area contributed by atoms with Gasteiger partial charge in [0.2, 0.25) is 10.0 Å². The van der Waals surface area contributed by atoms with Gasteiger partial charge < -0.3 is 5.32 Å². The molecule has 0 aliphatic heterocycles. The molecule has 0 radical (unpaired) electrons. The third-order valence-electron chi connectivity index (χ3n) is 2.69. The van der Waals surface area contributed by atoms with Crippen molar-refractivity contribution < 1.29 is 13.2 Å². The molecule has 0 saturated carbocycles. The molecule has 2 rings (SSSR count). The summed E-state index contributed by atoms with van der Waals surface area (Å²) in [6.45, 7) is 2.17. The predicted molar refractivity (Wildman–Crippen MR) is 81.0 cm³/mol. The Morgan fingerprint density at radius 1 is 1.38 bits per heavy atom. The topological polar surface area (TPSA) is 101 Å². The number of sulfonamides is 1. The number of nitrogens with zero attached hydrogens (tertiary/aromatic N) is 2. The molecular weight excluding hydrogens is 332 g/mol. The number of amides is 1. The van der Waals surface area contributed by atoms with Gasteiger partial charge in [0.15, 0.2) is 0 Å². The first-order valence-corrected chi connectivity index (χ1v) is 9.17. The standard InChI is InChI=1S/C11H14N4O3S3/c1-3-8-10(20-15-14-8)11(16)13-6-7-4-5-9(19-7)21(17,18)12-2/h4-5,12H,3,6H2,1-2H3,(H,13,16). The summed E-state index contributed by atoms with van der Waals surface area (Å²) in [6, 6.07) is 3.20. The van der Waals surface area contributed by atoms with E-state index < -0.39 is 10.0 Å². The van der Waals surface area contributed by atoms with Gasteiger partial charge in [-0.15, -0.1) is 16.4 Å². The molecular formula is C11H14N4O3S3. The van der Waals surface area contributed by atoms with Crippen LogP contribution >= 0.6 is 22.9 Å². The maximum absolute atomic E-state index is 12.0. The molecule has 0 unspecified atom stereocenters. The molecule has 0 fully saturated rings. The molecule has 0 atom stereocenters. The van der Waals surface area contributed by atoms with Gasteiger partial charge in [-0.2, -0.15) is 0 Å². The summed E-state index contributed by atoms with van der Waals surface area (Å²) in [5.41, 5.74) is 0.669. The molecule has 0 bridgehead atoms. The molecule has 7 nitrogen and oxygen atoms in total. The zero-order valence-corrected chi connectivity index (χ0v) is 13.9. The van der Waals surface area contributed by atoms with Crippen molar-refractivity contribution in [3.63, 3.8) is 0 Å². The second-order valence-corrected chi connectivity index (χ2v) is 8.05. The number of aromatic nitrogens is 2. The Morgan fingerprint density at radius 3 is 2.81 bits per heavy atom. The highest BCUT2D eigenvalue weighted by molar-refractivity contribution is 7.91. The number of nitrogens with one attached hydrogen (secondary N) is 2. The summed E-state index contributed by atoms with van der Waals surface area (Å²) < 4.78 is 29.5. The van der Waals surface area contributed by atoms with Gasteiger partial charge in [0.05, 0.1) is 12.2 Å². The molecule has 0 spiro atoms. The molecule has 0 aliphatic carbocycles. The number of rotatable bonds is 6. The van der Waals surface area contributed by atoms with Crippen molar-refractivity contribution in [2.45, 2.75) is 24.1 Å². The average Bonchev–Trinajstić information content (AvgIpc) is 3.13. The van der Waals surface area contributed by atoms with E-state index in [4.69, 9.17) is 0 Å². The Morgan fingerprint density at radius 2 is 2.14 bits per heavy atom. The maximum atomic E-state index is 12.0. The van der Waals surface area contributed by atoms with Crippen LogP contribution in [0.15, 0.2) is 16.3 Å². The molecule has 2 N–H and O–H groups in total. The molecule has 0 aromatic carbocycles. The van der Waals surface area contributed by atoms with E-state index in [2.05, 4.69) is 19.6 Å². The minimum Gasteiger partial charge on any atom is -0.346 e. The normalized spacial score (nSPS) is 11.5. The Kier molecular flexibility index (Phi) is 5.04. The fraction of sp³-hybridized carbons (Fsp3) is 0.364. The second kappa shape index (κ2) is 6.60. The number of carbonyl (C=O) groups is 1. The van der Waals surface area contributed by atoms with E-state index in [1.165, 1.54) is 13.1 Å². The van der Waals surface area contributed by atoms with Crippen LogP contribution in [-0.4, -0.2) is 31.0 Å². The molecule has 2 heterocycles. The van der Waals surface area contributed by atoms with Gasteiger partial charge >= 0.3 is 0 Å². The largest absolute Gasteiger partial charge is 0.346 e. The summed E-state index contributed by atoms with van der Waals surface area (Å²) in [5, 5.41) is 6.63. The van der Waals surface area contributed by atoms with Gasteiger partial charge in [-0.25, -0.2) is 13.1 Å². The SMILES string of the molecule is CCc1nnsc1C(=O)NCc1ccc(S(=O)(=O)NC)s1. The summed E-state index contributed by atoms with van der Waals surface area (Å²) in [4.78, 5) is 13.3. The van der Waals surface area contributed by atoms with Crippen LogP contribution < -0.4 is 10.0 Å². The van der Waals surface area contributed by atoms with Gasteiger partial charge in [-0.1, -0.05) is 11.4 Å². The molecule has 10 heteroatoms. The lowest BCUT2D eigenvalue weighted by molar-refractivity contribution is 0.0954. The summed E-state index contributed by atoms with van der Waals surface area (Å²) in [5.74, 6) is -0.242. The fourth-order valence-corrected chi connectivity index (χ4v) is 4.36. The number of hydrogen-bond donors (Lipinski definition) is 2. The van der Waals surface area contributed by atoms with Crippen LogP contribution in [0.5, 0.6) is 0 Å². The lowest BCUT2D eigenvalue weighted by Gasteiger charge is -2.02. The first kappa shape index (κ1) is 16.0. The van der Waals surface area contributed by atoms with Crippen molar-refractivity contribution in [3.8, 4) is 0 Å². The Hall–Kier alpha value is -1.36. The van der Waals surface area contributed by atoms with Crippen molar-refractivity contribution in [1.82, 2.24) is 19.6 Å². The first-order valence-electron chi connectivity index (χ1n) is 6.09. The van der Waals surface area contributed by atoms with Crippen LogP contribution in [-0.2, 0) is 23.0 Å². The average molecular weight is 346 g/mol. The van der Waals surface area contributed by atoms with Crippen molar-refractivity contribution in [3.05, 3.63) is 27.6 Å². The van der Waals surface area contributed by atoms with Crippen LogP contribution in [0.2, 0.25) is 0 Å². The van der Waals surface area contributed by atoms with Crippen LogP contribution in [0.1, 0.15) is 27.2 Å². The van der Waals surface area contributed by atoms with Crippen LogP contribution in [0.25, 0.3) is 0 Å². The molecule has 0 aliphatic rings. The quantitative estimate of drug-likeness (QED) is 0.812. The van der Waals surface area contributed by atoms with Crippen LogP contribution in [0.3, 0.4) is 0 Å². The van der Waals surface area contributed by atoms with E-state index >= 15 is 0 Å². The van der Waals surface area contributed by atoms with Crippen LogP contribution in [0, 0.1) is 0 Å². The van der Waals surface area contributed by atoms with Gasteiger partial charge in [0.1, 0.15) is 9.09 Å². The van der Waals surface area contributed by atoms with Crippen molar-refractivity contribution in [2.24, 2.45) is 0 Å². The summed E-state index contributed by atoms with van der Waals surface area (Å²) in [7, 11) is -2.07. The Labute approximate surface area is 130 Å². The van der Waals surface area contributed by atoms with E-state index in [0.717, 1.165) is 27.7 Å². The minimum absolute atomic E-state index is 0.225. The zero-order valence-electron chi connectivity index (χ0n) is 11.4.